The van der Waals surface area contributed by atoms with Crippen molar-refractivity contribution in [2.24, 2.45) is 0 Å². The average molecular weight is 318 g/mol. The Balaban J connectivity index is 1.45. The molecule has 1 heterocycles. The van der Waals surface area contributed by atoms with Gasteiger partial charge in [-0.25, -0.2) is 0 Å². The smallest absolute Gasteiger partial charge is 0.223 e. The molecule has 0 aliphatic heterocycles. The molecule has 1 aliphatic carbocycles. The van der Waals surface area contributed by atoms with E-state index < -0.39 is 0 Å². The van der Waals surface area contributed by atoms with E-state index in [0.717, 1.165) is 24.8 Å². The lowest BCUT2D eigenvalue weighted by Gasteiger charge is -2.25. The van der Waals surface area contributed by atoms with Gasteiger partial charge in [0.1, 0.15) is 0 Å². The lowest BCUT2D eigenvalue weighted by Crippen LogP contribution is -2.30. The Bertz CT molecular complexity index is 880. The largest absolute Gasteiger partial charge is 0.361 e. The van der Waals surface area contributed by atoms with E-state index in [0.29, 0.717) is 6.42 Å². The van der Waals surface area contributed by atoms with Crippen LogP contribution in [0.1, 0.15) is 35.6 Å². The highest BCUT2D eigenvalue weighted by Crippen LogP contribution is 2.35. The molecule has 0 saturated heterocycles. The molecule has 0 radical (unpaired) electrons. The van der Waals surface area contributed by atoms with Gasteiger partial charge in [-0.1, -0.05) is 42.5 Å². The molecule has 1 amide bonds. The van der Waals surface area contributed by atoms with Gasteiger partial charge in [-0.3, -0.25) is 4.79 Å². The number of rotatable bonds is 4. The van der Waals surface area contributed by atoms with Gasteiger partial charge in [0.25, 0.3) is 0 Å². The number of aryl methyl sites for hydroxylation is 2. The first-order chi connectivity index (χ1) is 11.7. The second-order valence-corrected chi connectivity index (χ2v) is 6.62. The van der Waals surface area contributed by atoms with E-state index in [1.807, 2.05) is 30.3 Å². The highest BCUT2D eigenvalue weighted by atomic mass is 16.2. The minimum atomic E-state index is 0.224. The first kappa shape index (κ1) is 15.0. The van der Waals surface area contributed by atoms with Gasteiger partial charge in [0.2, 0.25) is 5.91 Å². The van der Waals surface area contributed by atoms with Crippen molar-refractivity contribution in [2.45, 2.75) is 31.7 Å². The lowest BCUT2D eigenvalue weighted by atomic mass is 10.1. The summed E-state index contributed by atoms with van der Waals surface area (Å²) >= 11 is 0. The van der Waals surface area contributed by atoms with Crippen molar-refractivity contribution in [2.75, 3.05) is 7.05 Å². The number of carbonyl (C=O) groups excluding carboxylic acids is 1. The minimum Gasteiger partial charge on any atom is -0.361 e. The van der Waals surface area contributed by atoms with Crippen molar-refractivity contribution in [1.29, 1.82) is 0 Å². The van der Waals surface area contributed by atoms with Gasteiger partial charge in [0, 0.05) is 30.6 Å². The summed E-state index contributed by atoms with van der Waals surface area (Å²) < 4.78 is 0. The molecule has 3 aromatic rings. The maximum Gasteiger partial charge on any atom is 0.223 e. The van der Waals surface area contributed by atoms with Crippen LogP contribution in [0.2, 0.25) is 0 Å². The van der Waals surface area contributed by atoms with E-state index in [2.05, 4.69) is 41.4 Å². The van der Waals surface area contributed by atoms with Crippen LogP contribution in [0.15, 0.2) is 54.7 Å². The van der Waals surface area contributed by atoms with Crippen LogP contribution in [-0.4, -0.2) is 22.8 Å². The number of benzene rings is 2. The van der Waals surface area contributed by atoms with Crippen LogP contribution in [0.5, 0.6) is 0 Å². The summed E-state index contributed by atoms with van der Waals surface area (Å²) in [5.41, 5.74) is 5.07. The summed E-state index contributed by atoms with van der Waals surface area (Å²) in [5, 5.41) is 1.22. The number of H-pyrrole nitrogens is 1. The van der Waals surface area contributed by atoms with Gasteiger partial charge in [-0.05, 0) is 42.0 Å². The molecule has 4 rings (SSSR count). The predicted molar refractivity (Wildman–Crippen MR) is 96.9 cm³/mol. The quantitative estimate of drug-likeness (QED) is 0.767. The van der Waals surface area contributed by atoms with E-state index in [4.69, 9.17) is 0 Å². The normalized spacial score (nSPS) is 16.3. The Morgan fingerprint density at radius 2 is 1.96 bits per heavy atom. The van der Waals surface area contributed by atoms with Gasteiger partial charge < -0.3 is 9.88 Å². The third-order valence-electron chi connectivity index (χ3n) is 5.25. The number of amides is 1. The van der Waals surface area contributed by atoms with Gasteiger partial charge in [0.15, 0.2) is 0 Å². The number of hydrogen-bond donors (Lipinski definition) is 1. The molecule has 24 heavy (non-hydrogen) atoms. The summed E-state index contributed by atoms with van der Waals surface area (Å²) in [4.78, 5) is 17.9. The molecule has 1 aliphatic rings. The standard InChI is InChI=1S/C21H22N2O/c1-23(20-12-10-15-6-2-3-8-18(15)20)21(24)13-11-16-14-22-19-9-5-4-7-17(16)19/h2-9,14,20,22H,10-13H2,1H3. The molecule has 3 nitrogen and oxygen atoms in total. The molecule has 0 bridgehead atoms. The molecule has 1 aromatic heterocycles. The number of nitrogens with one attached hydrogen (secondary N) is 1. The zero-order chi connectivity index (χ0) is 16.5. The summed E-state index contributed by atoms with van der Waals surface area (Å²) in [6.07, 6.45) is 5.47. The van der Waals surface area contributed by atoms with Crippen molar-refractivity contribution in [1.82, 2.24) is 9.88 Å². The van der Waals surface area contributed by atoms with Crippen molar-refractivity contribution < 1.29 is 4.79 Å². The second-order valence-electron chi connectivity index (χ2n) is 6.62. The van der Waals surface area contributed by atoms with Crippen LogP contribution in [0.25, 0.3) is 10.9 Å². The van der Waals surface area contributed by atoms with Crippen LogP contribution >= 0.6 is 0 Å². The number of para-hydroxylation sites is 1. The number of aromatic nitrogens is 1. The molecule has 0 fully saturated rings. The van der Waals surface area contributed by atoms with Crippen molar-refractivity contribution >= 4 is 16.8 Å². The Hall–Kier alpha value is -2.55. The van der Waals surface area contributed by atoms with Gasteiger partial charge in [-0.2, -0.15) is 0 Å². The first-order valence-electron chi connectivity index (χ1n) is 8.62. The maximum absolute atomic E-state index is 12.7. The molecule has 0 saturated carbocycles. The fourth-order valence-corrected chi connectivity index (χ4v) is 3.87. The number of fused-ring (bicyclic) bond motifs is 2. The van der Waals surface area contributed by atoms with Crippen LogP contribution in [0.4, 0.5) is 0 Å². The van der Waals surface area contributed by atoms with E-state index in [1.54, 1.807) is 0 Å². The fraction of sp³-hybridized carbons (Fsp3) is 0.286. The zero-order valence-corrected chi connectivity index (χ0v) is 14.0. The van der Waals surface area contributed by atoms with E-state index >= 15 is 0 Å². The average Bonchev–Trinajstić information content (AvgIpc) is 3.23. The molecule has 2 aromatic carbocycles. The molecular weight excluding hydrogens is 296 g/mol. The first-order valence-corrected chi connectivity index (χ1v) is 8.62. The fourth-order valence-electron chi connectivity index (χ4n) is 3.87. The highest BCUT2D eigenvalue weighted by Gasteiger charge is 2.28. The molecule has 0 spiro atoms. The van der Waals surface area contributed by atoms with Crippen molar-refractivity contribution in [3.05, 3.63) is 71.4 Å². The highest BCUT2D eigenvalue weighted by molar-refractivity contribution is 5.84. The van der Waals surface area contributed by atoms with Crippen molar-refractivity contribution in [3.8, 4) is 0 Å². The monoisotopic (exact) mass is 318 g/mol. The predicted octanol–water partition coefficient (Wildman–Crippen LogP) is 4.25. The Morgan fingerprint density at radius 3 is 2.88 bits per heavy atom. The summed E-state index contributed by atoms with van der Waals surface area (Å²) in [6.45, 7) is 0. The van der Waals surface area contributed by atoms with Crippen molar-refractivity contribution in [3.63, 3.8) is 0 Å². The second kappa shape index (κ2) is 6.16. The SMILES string of the molecule is CN(C(=O)CCc1c[nH]c2ccccc12)C1CCc2ccccc21. The number of carbonyl (C=O) groups is 1. The lowest BCUT2D eigenvalue weighted by molar-refractivity contribution is -0.132. The van der Waals surface area contributed by atoms with Gasteiger partial charge in [-0.15, -0.1) is 0 Å². The molecule has 122 valence electrons. The molecule has 1 unspecified atom stereocenters. The molecular formula is C21H22N2O. The van der Waals surface area contributed by atoms with E-state index in [-0.39, 0.29) is 11.9 Å². The maximum atomic E-state index is 12.7. The Kier molecular flexibility index (Phi) is 3.85. The van der Waals surface area contributed by atoms with Crippen LogP contribution in [0, 0.1) is 0 Å². The molecule has 1 N–H and O–H groups in total. The Morgan fingerprint density at radius 1 is 1.17 bits per heavy atom. The number of hydrogen-bond acceptors (Lipinski definition) is 1. The summed E-state index contributed by atoms with van der Waals surface area (Å²) in [7, 11) is 1.95. The summed E-state index contributed by atoms with van der Waals surface area (Å²) in [5.74, 6) is 0.224. The topological polar surface area (TPSA) is 36.1 Å². The summed E-state index contributed by atoms with van der Waals surface area (Å²) in [6, 6.07) is 17.0. The molecule has 3 heteroatoms. The van der Waals surface area contributed by atoms with Gasteiger partial charge >= 0.3 is 0 Å². The third-order valence-corrected chi connectivity index (χ3v) is 5.25. The zero-order valence-electron chi connectivity index (χ0n) is 14.0. The molecule has 1 atom stereocenters. The number of aromatic amines is 1. The van der Waals surface area contributed by atoms with Crippen LogP contribution < -0.4 is 0 Å². The van der Waals surface area contributed by atoms with Gasteiger partial charge in [0.05, 0.1) is 6.04 Å². The Labute approximate surface area is 142 Å². The van der Waals surface area contributed by atoms with Crippen LogP contribution in [0.3, 0.4) is 0 Å². The van der Waals surface area contributed by atoms with Crippen LogP contribution in [-0.2, 0) is 17.6 Å². The van der Waals surface area contributed by atoms with E-state index in [9.17, 15) is 4.79 Å². The number of nitrogens with zero attached hydrogens (tertiary/aromatic N) is 1. The minimum absolute atomic E-state index is 0.224. The van der Waals surface area contributed by atoms with E-state index in [1.165, 1.54) is 22.1 Å². The third kappa shape index (κ3) is 2.60.